The van der Waals surface area contributed by atoms with Gasteiger partial charge in [-0.1, -0.05) is 12.1 Å². The smallest absolute Gasteiger partial charge is 0.243 e. The van der Waals surface area contributed by atoms with Gasteiger partial charge < -0.3 is 15.1 Å². The number of nitrogens with zero attached hydrogens (tertiary/aromatic N) is 4. The Hall–Kier alpha value is -2.96. The quantitative estimate of drug-likeness (QED) is 0.860. The van der Waals surface area contributed by atoms with Crippen LogP contribution in [-0.4, -0.2) is 53.4 Å². The number of aryl methyl sites for hydroxylation is 2. The summed E-state index contributed by atoms with van der Waals surface area (Å²) in [5.74, 6) is 0.445. The molecule has 1 aliphatic heterocycles. The molecule has 0 radical (unpaired) electrons. The molecule has 1 fully saturated rings. The molecular formula is C21H27N5O2. The van der Waals surface area contributed by atoms with Crippen molar-refractivity contribution in [2.24, 2.45) is 5.92 Å². The average Bonchev–Trinajstić information content (AvgIpc) is 2.71. The molecule has 1 aromatic heterocycles. The first kappa shape index (κ1) is 19.8. The van der Waals surface area contributed by atoms with Gasteiger partial charge in [-0.15, -0.1) is 0 Å². The largest absolute Gasteiger partial charge is 0.355 e. The van der Waals surface area contributed by atoms with Crippen LogP contribution in [0.1, 0.15) is 24.0 Å². The van der Waals surface area contributed by atoms with E-state index in [2.05, 4.69) is 20.2 Å². The number of hydrogen-bond donors (Lipinski definition) is 1. The third-order valence-electron chi connectivity index (χ3n) is 5.07. The van der Waals surface area contributed by atoms with Crippen molar-refractivity contribution in [2.45, 2.75) is 26.7 Å². The van der Waals surface area contributed by atoms with Gasteiger partial charge in [-0.3, -0.25) is 14.6 Å². The summed E-state index contributed by atoms with van der Waals surface area (Å²) in [7, 11) is 1.69. The minimum atomic E-state index is -0.189. The first-order valence-electron chi connectivity index (χ1n) is 9.57. The summed E-state index contributed by atoms with van der Waals surface area (Å²) in [4.78, 5) is 37.3. The van der Waals surface area contributed by atoms with E-state index in [0.717, 1.165) is 42.0 Å². The number of hydrogen-bond acceptors (Lipinski definition) is 5. The molecule has 1 N–H and O–H groups in total. The maximum atomic E-state index is 12.9. The van der Waals surface area contributed by atoms with Crippen molar-refractivity contribution in [3.05, 3.63) is 47.9 Å². The molecule has 1 saturated heterocycles. The highest BCUT2D eigenvalue weighted by Gasteiger charge is 2.29. The number of carbonyl (C=O) groups is 2. The van der Waals surface area contributed by atoms with Crippen molar-refractivity contribution in [3.8, 4) is 0 Å². The summed E-state index contributed by atoms with van der Waals surface area (Å²) < 4.78 is 0. The molecule has 28 heavy (non-hydrogen) atoms. The van der Waals surface area contributed by atoms with Crippen molar-refractivity contribution in [2.75, 3.05) is 36.9 Å². The van der Waals surface area contributed by atoms with Crippen LogP contribution in [0, 0.1) is 19.8 Å². The van der Waals surface area contributed by atoms with Gasteiger partial charge in [-0.25, -0.2) is 4.98 Å². The fourth-order valence-electron chi connectivity index (χ4n) is 3.51. The molecule has 1 aromatic carbocycles. The van der Waals surface area contributed by atoms with E-state index in [9.17, 15) is 9.59 Å². The van der Waals surface area contributed by atoms with Gasteiger partial charge in [0.1, 0.15) is 5.82 Å². The van der Waals surface area contributed by atoms with E-state index in [1.165, 1.54) is 4.90 Å². The maximum Gasteiger partial charge on any atom is 0.243 e. The van der Waals surface area contributed by atoms with Gasteiger partial charge in [-0.2, -0.15) is 0 Å². The van der Waals surface area contributed by atoms with E-state index in [1.54, 1.807) is 25.6 Å². The second-order valence-corrected chi connectivity index (χ2v) is 7.41. The van der Waals surface area contributed by atoms with Crippen molar-refractivity contribution >= 4 is 23.3 Å². The van der Waals surface area contributed by atoms with Crippen LogP contribution in [-0.2, 0) is 9.59 Å². The highest BCUT2D eigenvalue weighted by Crippen LogP contribution is 2.22. The molecule has 7 nitrogen and oxygen atoms in total. The summed E-state index contributed by atoms with van der Waals surface area (Å²) in [6.45, 7) is 5.43. The Kier molecular flexibility index (Phi) is 6.23. The molecule has 0 unspecified atom stereocenters. The number of piperidine rings is 1. The normalized spacial score (nSPS) is 16.5. The zero-order valence-electron chi connectivity index (χ0n) is 16.7. The van der Waals surface area contributed by atoms with Crippen LogP contribution in [0.2, 0.25) is 0 Å². The zero-order chi connectivity index (χ0) is 20.1. The predicted octanol–water partition coefficient (Wildman–Crippen LogP) is 2.41. The Morgan fingerprint density at radius 2 is 2.11 bits per heavy atom. The van der Waals surface area contributed by atoms with Crippen LogP contribution in [0.5, 0.6) is 0 Å². The lowest BCUT2D eigenvalue weighted by atomic mass is 9.96. The molecule has 0 aliphatic carbocycles. The Bertz CT molecular complexity index is 840. The van der Waals surface area contributed by atoms with Gasteiger partial charge in [0, 0.05) is 38.2 Å². The van der Waals surface area contributed by atoms with Gasteiger partial charge in [-0.05, 0) is 43.9 Å². The van der Waals surface area contributed by atoms with Crippen LogP contribution in [0.15, 0.2) is 36.8 Å². The van der Waals surface area contributed by atoms with Crippen molar-refractivity contribution in [1.29, 1.82) is 0 Å². The number of amides is 2. The standard InChI is InChI=1S/C21H27N5O2/c1-15-6-7-16(2)18(11-15)24-20(27)14-25(3)21(28)17-5-4-10-26(13-17)19-12-22-8-9-23-19/h6-9,11-12,17H,4-5,10,13-14H2,1-3H3,(H,24,27)/t17-/m0/s1. The third kappa shape index (κ3) is 4.85. The molecule has 2 heterocycles. The van der Waals surface area contributed by atoms with E-state index in [1.807, 2.05) is 32.0 Å². The minimum absolute atomic E-state index is 0.00953. The van der Waals surface area contributed by atoms with E-state index in [0.29, 0.717) is 6.54 Å². The van der Waals surface area contributed by atoms with Gasteiger partial charge in [0.05, 0.1) is 18.7 Å². The van der Waals surface area contributed by atoms with E-state index in [4.69, 9.17) is 0 Å². The number of rotatable bonds is 5. The van der Waals surface area contributed by atoms with Crippen LogP contribution in [0.3, 0.4) is 0 Å². The van der Waals surface area contributed by atoms with Gasteiger partial charge in [0.15, 0.2) is 0 Å². The number of nitrogens with one attached hydrogen (secondary N) is 1. The van der Waals surface area contributed by atoms with E-state index >= 15 is 0 Å². The number of anilines is 2. The molecule has 0 spiro atoms. The highest BCUT2D eigenvalue weighted by molar-refractivity contribution is 5.95. The molecule has 0 saturated carbocycles. The SMILES string of the molecule is Cc1ccc(C)c(NC(=O)CN(C)C(=O)[C@H]2CCCN(c3cnccn3)C2)c1. The van der Waals surface area contributed by atoms with E-state index < -0.39 is 0 Å². The van der Waals surface area contributed by atoms with Crippen LogP contribution in [0.25, 0.3) is 0 Å². The lowest BCUT2D eigenvalue weighted by Crippen LogP contribution is -2.45. The Morgan fingerprint density at radius 1 is 1.29 bits per heavy atom. The Labute approximate surface area is 165 Å². The lowest BCUT2D eigenvalue weighted by Gasteiger charge is -2.34. The summed E-state index contributed by atoms with van der Waals surface area (Å²) in [5.41, 5.74) is 2.87. The fourth-order valence-corrected chi connectivity index (χ4v) is 3.51. The second-order valence-electron chi connectivity index (χ2n) is 7.41. The van der Waals surface area contributed by atoms with Crippen LogP contribution < -0.4 is 10.2 Å². The van der Waals surface area contributed by atoms with Gasteiger partial charge >= 0.3 is 0 Å². The Balaban J connectivity index is 1.57. The summed E-state index contributed by atoms with van der Waals surface area (Å²) in [6, 6.07) is 5.92. The molecule has 3 rings (SSSR count). The number of aromatic nitrogens is 2. The number of benzene rings is 1. The topological polar surface area (TPSA) is 78.4 Å². The number of likely N-dealkylation sites (N-methyl/N-ethyl adjacent to an activating group) is 1. The summed E-state index contributed by atoms with van der Waals surface area (Å²) in [6.07, 6.45) is 6.74. The number of carbonyl (C=O) groups excluding carboxylic acids is 2. The van der Waals surface area contributed by atoms with Crippen LogP contribution in [0.4, 0.5) is 11.5 Å². The predicted molar refractivity (Wildman–Crippen MR) is 109 cm³/mol. The third-order valence-corrected chi connectivity index (χ3v) is 5.07. The first-order chi connectivity index (χ1) is 13.4. The van der Waals surface area contributed by atoms with Crippen molar-refractivity contribution in [1.82, 2.24) is 14.9 Å². The maximum absolute atomic E-state index is 12.9. The summed E-state index contributed by atoms with van der Waals surface area (Å²) >= 11 is 0. The second kappa shape index (κ2) is 8.82. The van der Waals surface area contributed by atoms with Gasteiger partial charge in [0.2, 0.25) is 11.8 Å². The highest BCUT2D eigenvalue weighted by atomic mass is 16.2. The van der Waals surface area contributed by atoms with Gasteiger partial charge in [0.25, 0.3) is 0 Å². The fraction of sp³-hybridized carbons (Fsp3) is 0.429. The molecule has 7 heteroatoms. The molecular weight excluding hydrogens is 354 g/mol. The minimum Gasteiger partial charge on any atom is -0.355 e. The monoisotopic (exact) mass is 381 g/mol. The first-order valence-corrected chi connectivity index (χ1v) is 9.57. The average molecular weight is 381 g/mol. The molecule has 0 bridgehead atoms. The van der Waals surface area contributed by atoms with Crippen molar-refractivity contribution < 1.29 is 9.59 Å². The molecule has 2 aromatic rings. The molecule has 148 valence electrons. The van der Waals surface area contributed by atoms with Crippen LogP contribution >= 0.6 is 0 Å². The molecule has 2 amide bonds. The zero-order valence-corrected chi connectivity index (χ0v) is 16.7. The molecule has 1 atom stereocenters. The molecule has 1 aliphatic rings. The Morgan fingerprint density at radius 3 is 2.86 bits per heavy atom. The lowest BCUT2D eigenvalue weighted by molar-refractivity contribution is -0.137. The van der Waals surface area contributed by atoms with Crippen molar-refractivity contribution in [3.63, 3.8) is 0 Å². The summed E-state index contributed by atoms with van der Waals surface area (Å²) in [5, 5.41) is 2.91. The van der Waals surface area contributed by atoms with E-state index in [-0.39, 0.29) is 24.3 Å².